The minimum Gasteiger partial charge on any atom is -0.350 e. The molecule has 2 heterocycles. The van der Waals surface area contributed by atoms with Crippen molar-refractivity contribution in [1.29, 1.82) is 0 Å². The van der Waals surface area contributed by atoms with Gasteiger partial charge >= 0.3 is 0 Å². The third kappa shape index (κ3) is 3.56. The molecule has 27 heavy (non-hydrogen) atoms. The molecule has 0 aliphatic carbocycles. The number of pyridine rings is 1. The van der Waals surface area contributed by atoms with E-state index in [-0.39, 0.29) is 23.7 Å². The number of aromatic nitrogens is 1. The standard InChI is InChI=1S/C21H24FN3O2/c1-5-20(26)24-13(3)16-10-23-11-17(12(16)2)15-8-14-6-7-21(27)25(4)19(14)9-18(15)22/h8-11,13H,5-7H2,1-4H3,(H,24,26). The van der Waals surface area contributed by atoms with Crippen LogP contribution < -0.4 is 10.2 Å². The van der Waals surface area contributed by atoms with Gasteiger partial charge in [0.1, 0.15) is 5.82 Å². The van der Waals surface area contributed by atoms with Gasteiger partial charge in [-0.3, -0.25) is 14.6 Å². The first kappa shape index (κ1) is 19.0. The molecule has 2 aromatic rings. The second-order valence-corrected chi connectivity index (χ2v) is 6.96. The minimum absolute atomic E-state index is 0.00464. The van der Waals surface area contributed by atoms with Crippen LogP contribution in [0.5, 0.6) is 0 Å². The Bertz CT molecular complexity index is 911. The lowest BCUT2D eigenvalue weighted by atomic mass is 9.92. The summed E-state index contributed by atoms with van der Waals surface area (Å²) in [4.78, 5) is 29.4. The number of carbonyl (C=O) groups excluding carboxylic acids is 2. The van der Waals surface area contributed by atoms with Crippen molar-refractivity contribution in [3.05, 3.63) is 47.0 Å². The molecule has 6 heteroatoms. The van der Waals surface area contributed by atoms with Gasteiger partial charge in [0.25, 0.3) is 0 Å². The highest BCUT2D eigenvalue weighted by Gasteiger charge is 2.24. The van der Waals surface area contributed by atoms with E-state index in [9.17, 15) is 14.0 Å². The van der Waals surface area contributed by atoms with E-state index in [1.807, 2.05) is 19.9 Å². The molecule has 3 rings (SSSR count). The van der Waals surface area contributed by atoms with Crippen LogP contribution >= 0.6 is 0 Å². The van der Waals surface area contributed by atoms with E-state index in [1.165, 1.54) is 11.0 Å². The summed E-state index contributed by atoms with van der Waals surface area (Å²) in [6.07, 6.45) is 4.78. The maximum Gasteiger partial charge on any atom is 0.227 e. The summed E-state index contributed by atoms with van der Waals surface area (Å²) in [5, 5.41) is 2.92. The van der Waals surface area contributed by atoms with Crippen LogP contribution in [0.3, 0.4) is 0 Å². The predicted molar refractivity (Wildman–Crippen MR) is 103 cm³/mol. The lowest BCUT2D eigenvalue weighted by Gasteiger charge is -2.27. The van der Waals surface area contributed by atoms with Crippen molar-refractivity contribution in [3.63, 3.8) is 0 Å². The minimum atomic E-state index is -0.386. The average Bonchev–Trinajstić information content (AvgIpc) is 2.65. The summed E-state index contributed by atoms with van der Waals surface area (Å²) in [6, 6.07) is 3.03. The Hall–Kier alpha value is -2.76. The normalized spacial score (nSPS) is 14.7. The Balaban J connectivity index is 2.04. The van der Waals surface area contributed by atoms with E-state index in [0.29, 0.717) is 36.1 Å². The second kappa shape index (κ2) is 7.47. The van der Waals surface area contributed by atoms with Crippen molar-refractivity contribution in [2.75, 3.05) is 11.9 Å². The summed E-state index contributed by atoms with van der Waals surface area (Å²) in [5.41, 5.74) is 4.48. The number of rotatable bonds is 4. The predicted octanol–water partition coefficient (Wildman–Crippen LogP) is 3.69. The Morgan fingerprint density at radius 2 is 2.04 bits per heavy atom. The van der Waals surface area contributed by atoms with Gasteiger partial charge in [-0.1, -0.05) is 6.92 Å². The van der Waals surface area contributed by atoms with Crippen LogP contribution in [0.1, 0.15) is 49.4 Å². The van der Waals surface area contributed by atoms with Crippen LogP contribution in [0.2, 0.25) is 0 Å². The molecule has 1 aromatic heterocycles. The molecular formula is C21H24FN3O2. The van der Waals surface area contributed by atoms with Gasteiger partial charge in [0.2, 0.25) is 11.8 Å². The largest absolute Gasteiger partial charge is 0.350 e. The fraction of sp³-hybridized carbons (Fsp3) is 0.381. The Morgan fingerprint density at radius 3 is 2.74 bits per heavy atom. The van der Waals surface area contributed by atoms with Crippen molar-refractivity contribution < 1.29 is 14.0 Å². The van der Waals surface area contributed by atoms with Gasteiger partial charge in [-0.25, -0.2) is 4.39 Å². The van der Waals surface area contributed by atoms with E-state index in [4.69, 9.17) is 0 Å². The molecule has 1 aromatic carbocycles. The highest BCUT2D eigenvalue weighted by Crippen LogP contribution is 2.36. The van der Waals surface area contributed by atoms with Crippen molar-refractivity contribution in [1.82, 2.24) is 10.3 Å². The van der Waals surface area contributed by atoms with Gasteiger partial charge in [0, 0.05) is 49.1 Å². The van der Waals surface area contributed by atoms with Crippen LogP contribution in [-0.2, 0) is 16.0 Å². The van der Waals surface area contributed by atoms with Crippen molar-refractivity contribution in [3.8, 4) is 11.1 Å². The van der Waals surface area contributed by atoms with Gasteiger partial charge in [-0.2, -0.15) is 0 Å². The smallest absolute Gasteiger partial charge is 0.227 e. The number of fused-ring (bicyclic) bond motifs is 1. The fourth-order valence-corrected chi connectivity index (χ4v) is 3.54. The number of carbonyl (C=O) groups is 2. The lowest BCUT2D eigenvalue weighted by molar-refractivity contribution is -0.121. The Labute approximate surface area is 158 Å². The van der Waals surface area contributed by atoms with E-state index >= 15 is 0 Å². The van der Waals surface area contributed by atoms with Gasteiger partial charge in [0.05, 0.1) is 6.04 Å². The number of nitrogens with zero attached hydrogens (tertiary/aromatic N) is 2. The molecule has 5 nitrogen and oxygen atoms in total. The fourth-order valence-electron chi connectivity index (χ4n) is 3.54. The number of benzene rings is 1. The van der Waals surface area contributed by atoms with Gasteiger partial charge in [0.15, 0.2) is 0 Å². The van der Waals surface area contributed by atoms with Gasteiger partial charge in [-0.05, 0) is 49.1 Å². The number of anilines is 1. The second-order valence-electron chi connectivity index (χ2n) is 6.96. The van der Waals surface area contributed by atoms with E-state index < -0.39 is 0 Å². The van der Waals surface area contributed by atoms with Crippen LogP contribution in [-0.4, -0.2) is 23.8 Å². The van der Waals surface area contributed by atoms with E-state index in [1.54, 1.807) is 26.4 Å². The summed E-state index contributed by atoms with van der Waals surface area (Å²) in [5.74, 6) is -0.433. The first-order valence-corrected chi connectivity index (χ1v) is 9.16. The van der Waals surface area contributed by atoms with Crippen LogP contribution in [0.15, 0.2) is 24.5 Å². The zero-order valence-electron chi connectivity index (χ0n) is 16.1. The number of aryl methyl sites for hydroxylation is 1. The van der Waals surface area contributed by atoms with Gasteiger partial charge in [-0.15, -0.1) is 0 Å². The van der Waals surface area contributed by atoms with Crippen LogP contribution in [0.4, 0.5) is 10.1 Å². The van der Waals surface area contributed by atoms with Crippen molar-refractivity contribution >= 4 is 17.5 Å². The molecule has 1 atom stereocenters. The molecule has 1 aliphatic rings. The summed E-state index contributed by atoms with van der Waals surface area (Å²) < 4.78 is 14.9. The number of hydrogen-bond acceptors (Lipinski definition) is 3. The van der Waals surface area contributed by atoms with E-state index in [0.717, 1.165) is 16.7 Å². The molecule has 1 N–H and O–H groups in total. The zero-order valence-corrected chi connectivity index (χ0v) is 16.1. The lowest BCUT2D eigenvalue weighted by Crippen LogP contribution is -2.31. The SMILES string of the molecule is CCC(=O)NC(C)c1cncc(-c2cc3c(cc2F)N(C)C(=O)CC3)c1C. The monoisotopic (exact) mass is 369 g/mol. The molecule has 2 amide bonds. The van der Waals surface area contributed by atoms with Gasteiger partial charge < -0.3 is 10.2 Å². The molecule has 142 valence electrons. The molecule has 0 bridgehead atoms. The Kier molecular flexibility index (Phi) is 5.26. The zero-order chi connectivity index (χ0) is 19.7. The third-order valence-corrected chi connectivity index (χ3v) is 5.22. The number of nitrogens with one attached hydrogen (secondary N) is 1. The van der Waals surface area contributed by atoms with Crippen molar-refractivity contribution in [2.24, 2.45) is 0 Å². The Morgan fingerprint density at radius 1 is 1.30 bits per heavy atom. The summed E-state index contributed by atoms with van der Waals surface area (Å²) >= 11 is 0. The molecule has 1 unspecified atom stereocenters. The molecule has 0 saturated heterocycles. The third-order valence-electron chi connectivity index (χ3n) is 5.22. The average molecular weight is 369 g/mol. The maximum absolute atomic E-state index is 14.9. The number of hydrogen-bond donors (Lipinski definition) is 1. The molecule has 0 radical (unpaired) electrons. The van der Waals surface area contributed by atoms with Crippen LogP contribution in [0.25, 0.3) is 11.1 Å². The summed E-state index contributed by atoms with van der Waals surface area (Å²) in [7, 11) is 1.67. The summed E-state index contributed by atoms with van der Waals surface area (Å²) in [6.45, 7) is 5.61. The first-order valence-electron chi connectivity index (χ1n) is 9.16. The number of amides is 2. The molecule has 0 spiro atoms. The first-order chi connectivity index (χ1) is 12.8. The molecule has 1 aliphatic heterocycles. The van der Waals surface area contributed by atoms with Crippen LogP contribution in [0, 0.1) is 12.7 Å². The molecular weight excluding hydrogens is 345 g/mol. The van der Waals surface area contributed by atoms with Crippen molar-refractivity contribution in [2.45, 2.75) is 46.1 Å². The molecule has 0 fully saturated rings. The highest BCUT2D eigenvalue weighted by molar-refractivity contribution is 5.96. The van der Waals surface area contributed by atoms with E-state index in [2.05, 4.69) is 10.3 Å². The topological polar surface area (TPSA) is 62.3 Å². The molecule has 0 saturated carbocycles. The highest BCUT2D eigenvalue weighted by atomic mass is 19.1. The number of halogens is 1. The quantitative estimate of drug-likeness (QED) is 0.894. The maximum atomic E-state index is 14.9.